The van der Waals surface area contributed by atoms with Crippen molar-refractivity contribution in [2.24, 2.45) is 0 Å². The molecule has 0 aliphatic heterocycles. The molecule has 0 aliphatic rings. The summed E-state index contributed by atoms with van der Waals surface area (Å²) < 4.78 is 2.19. The molecule has 0 bridgehead atoms. The van der Waals surface area contributed by atoms with E-state index in [9.17, 15) is 5.26 Å². The lowest BCUT2D eigenvalue weighted by Crippen LogP contribution is -1.96. The Bertz CT molecular complexity index is 2600. The minimum absolute atomic E-state index is 0.642. The van der Waals surface area contributed by atoms with E-state index >= 15 is 0 Å². The van der Waals surface area contributed by atoms with Crippen LogP contribution >= 0.6 is 0 Å². The zero-order valence-corrected chi connectivity index (χ0v) is 24.3. The maximum Gasteiger partial charge on any atom is 0.137 e. The summed E-state index contributed by atoms with van der Waals surface area (Å²) in [4.78, 5) is 4.68. The fourth-order valence-corrected chi connectivity index (χ4v) is 7.15. The van der Waals surface area contributed by atoms with Gasteiger partial charge in [0.25, 0.3) is 0 Å². The van der Waals surface area contributed by atoms with Crippen molar-refractivity contribution in [1.29, 1.82) is 5.26 Å². The molecular weight excluding hydrogens is 546 g/mol. The number of fused-ring (bicyclic) bond motifs is 6. The minimum Gasteiger partial charge on any atom is -0.294 e. The molecule has 0 saturated heterocycles. The van der Waals surface area contributed by atoms with Gasteiger partial charge in [-0.1, -0.05) is 103 Å². The first-order chi connectivity index (χ1) is 22.3. The van der Waals surface area contributed by atoms with Crippen LogP contribution < -0.4 is 0 Å². The lowest BCUT2D eigenvalue weighted by molar-refractivity contribution is 1.08. The standard InChI is InChI=1S/C42H25N3/c43-26-27-19-21-38-36(24-27)37-25-29(20-22-39(37)45(38)40-18-7-8-23-44-40)41-32-13-3-5-15-34(32)42(35-16-6-4-14-33(35)41)31-17-9-11-28-10-1-2-12-30(28)31/h1-25H. The fourth-order valence-electron chi connectivity index (χ4n) is 7.15. The van der Waals surface area contributed by atoms with Crippen LogP contribution in [0.3, 0.4) is 0 Å². The predicted octanol–water partition coefficient (Wildman–Crippen LogP) is 10.8. The Balaban J connectivity index is 1.39. The normalized spacial score (nSPS) is 11.5. The first kappa shape index (κ1) is 25.3. The molecule has 7 aromatic carbocycles. The maximum atomic E-state index is 9.78. The van der Waals surface area contributed by atoms with Crippen molar-refractivity contribution < 1.29 is 0 Å². The minimum atomic E-state index is 0.642. The Labute approximate surface area is 259 Å². The molecule has 9 aromatic rings. The molecule has 2 heterocycles. The molecule has 3 nitrogen and oxygen atoms in total. The van der Waals surface area contributed by atoms with Gasteiger partial charge in [0.05, 0.1) is 22.7 Å². The molecule has 2 aromatic heterocycles. The zero-order valence-electron chi connectivity index (χ0n) is 24.3. The molecule has 0 unspecified atom stereocenters. The molecule has 0 aliphatic carbocycles. The van der Waals surface area contributed by atoms with Crippen molar-refractivity contribution >= 4 is 54.1 Å². The maximum absolute atomic E-state index is 9.78. The molecule has 0 N–H and O–H groups in total. The van der Waals surface area contributed by atoms with Gasteiger partial charge in [-0.25, -0.2) is 4.98 Å². The third kappa shape index (κ3) is 3.80. The first-order valence-corrected chi connectivity index (χ1v) is 15.1. The first-order valence-electron chi connectivity index (χ1n) is 15.1. The van der Waals surface area contributed by atoms with Crippen LogP contribution in [0.25, 0.3) is 82.2 Å². The summed E-state index contributed by atoms with van der Waals surface area (Å²) in [5.74, 6) is 0.852. The van der Waals surface area contributed by atoms with Crippen molar-refractivity contribution in [3.63, 3.8) is 0 Å². The molecule has 45 heavy (non-hydrogen) atoms. The number of pyridine rings is 1. The molecule has 3 heteroatoms. The number of hydrogen-bond donors (Lipinski definition) is 0. The van der Waals surface area contributed by atoms with Crippen molar-refractivity contribution in [2.75, 3.05) is 0 Å². The highest BCUT2D eigenvalue weighted by Gasteiger charge is 2.20. The van der Waals surface area contributed by atoms with Gasteiger partial charge in [-0.2, -0.15) is 5.26 Å². The molecule has 9 rings (SSSR count). The third-order valence-corrected chi connectivity index (χ3v) is 9.05. The van der Waals surface area contributed by atoms with E-state index in [1.807, 2.05) is 42.6 Å². The summed E-state index contributed by atoms with van der Waals surface area (Å²) in [5.41, 5.74) is 7.58. The second-order valence-electron chi connectivity index (χ2n) is 11.5. The second kappa shape index (κ2) is 9.91. The Hall–Kier alpha value is -6.24. The van der Waals surface area contributed by atoms with Crippen LogP contribution in [0, 0.1) is 11.3 Å². The van der Waals surface area contributed by atoms with Gasteiger partial charge >= 0.3 is 0 Å². The summed E-state index contributed by atoms with van der Waals surface area (Å²) >= 11 is 0. The number of nitrogens with zero attached hydrogens (tertiary/aromatic N) is 3. The van der Waals surface area contributed by atoms with E-state index in [1.54, 1.807) is 0 Å². The van der Waals surface area contributed by atoms with Gasteiger partial charge < -0.3 is 0 Å². The number of aromatic nitrogens is 2. The molecule has 0 atom stereocenters. The molecule has 0 spiro atoms. The number of hydrogen-bond acceptors (Lipinski definition) is 2. The van der Waals surface area contributed by atoms with Gasteiger partial charge in [0.2, 0.25) is 0 Å². The van der Waals surface area contributed by atoms with Gasteiger partial charge in [0, 0.05) is 17.0 Å². The topological polar surface area (TPSA) is 41.6 Å². The summed E-state index contributed by atoms with van der Waals surface area (Å²) in [6, 6.07) is 53.8. The average Bonchev–Trinajstić information content (AvgIpc) is 3.43. The van der Waals surface area contributed by atoms with E-state index < -0.39 is 0 Å². The average molecular weight is 572 g/mol. The molecule has 0 fully saturated rings. The highest BCUT2D eigenvalue weighted by atomic mass is 15.1. The molecule has 0 radical (unpaired) electrons. The van der Waals surface area contributed by atoms with Gasteiger partial charge in [0.1, 0.15) is 5.82 Å². The van der Waals surface area contributed by atoms with Crippen LogP contribution in [-0.4, -0.2) is 9.55 Å². The number of nitriles is 1. The lowest BCUT2D eigenvalue weighted by atomic mass is 9.84. The SMILES string of the molecule is N#Cc1ccc2c(c1)c1cc(-c3c4ccccc4c(-c4cccc5ccccc45)c4ccccc34)ccc1n2-c1ccccn1. The van der Waals surface area contributed by atoms with Crippen LogP contribution in [0.4, 0.5) is 0 Å². The van der Waals surface area contributed by atoms with Gasteiger partial charge in [-0.3, -0.25) is 4.57 Å². The van der Waals surface area contributed by atoms with E-state index in [-0.39, 0.29) is 0 Å². The van der Waals surface area contributed by atoms with E-state index in [0.717, 1.165) is 33.2 Å². The molecule has 0 amide bonds. The zero-order chi connectivity index (χ0) is 29.9. The predicted molar refractivity (Wildman–Crippen MR) is 187 cm³/mol. The smallest absolute Gasteiger partial charge is 0.137 e. The molecule has 208 valence electrons. The van der Waals surface area contributed by atoms with Crippen molar-refractivity contribution in [3.8, 4) is 34.1 Å². The Morgan fingerprint density at radius 2 is 1.09 bits per heavy atom. The second-order valence-corrected chi connectivity index (χ2v) is 11.5. The van der Waals surface area contributed by atoms with Crippen molar-refractivity contribution in [2.45, 2.75) is 0 Å². The van der Waals surface area contributed by atoms with E-state index in [2.05, 4.69) is 125 Å². The number of rotatable bonds is 3. The van der Waals surface area contributed by atoms with Crippen LogP contribution in [0.5, 0.6) is 0 Å². The highest BCUT2D eigenvalue weighted by Crippen LogP contribution is 2.46. The lowest BCUT2D eigenvalue weighted by Gasteiger charge is -2.19. The summed E-state index contributed by atoms with van der Waals surface area (Å²) in [6.45, 7) is 0. The van der Waals surface area contributed by atoms with Crippen molar-refractivity contribution in [3.05, 3.63) is 157 Å². The van der Waals surface area contributed by atoms with Crippen LogP contribution in [0.1, 0.15) is 5.56 Å². The van der Waals surface area contributed by atoms with Crippen LogP contribution in [0.2, 0.25) is 0 Å². The van der Waals surface area contributed by atoms with E-state index in [4.69, 9.17) is 0 Å². The van der Waals surface area contributed by atoms with Crippen LogP contribution in [0.15, 0.2) is 152 Å². The van der Waals surface area contributed by atoms with Gasteiger partial charge in [-0.05, 0) is 97.0 Å². The largest absolute Gasteiger partial charge is 0.294 e. The van der Waals surface area contributed by atoms with Gasteiger partial charge in [0.15, 0.2) is 0 Å². The third-order valence-electron chi connectivity index (χ3n) is 9.05. The monoisotopic (exact) mass is 571 g/mol. The van der Waals surface area contributed by atoms with Crippen molar-refractivity contribution in [1.82, 2.24) is 9.55 Å². The Morgan fingerprint density at radius 1 is 0.489 bits per heavy atom. The van der Waals surface area contributed by atoms with E-state index in [0.29, 0.717) is 5.56 Å². The Morgan fingerprint density at radius 3 is 1.78 bits per heavy atom. The summed E-state index contributed by atoms with van der Waals surface area (Å²) in [6.07, 6.45) is 1.82. The number of benzene rings is 7. The van der Waals surface area contributed by atoms with E-state index in [1.165, 1.54) is 49.0 Å². The highest BCUT2D eigenvalue weighted by molar-refractivity contribution is 6.24. The fraction of sp³-hybridized carbons (Fsp3) is 0. The van der Waals surface area contributed by atoms with Crippen LogP contribution in [-0.2, 0) is 0 Å². The summed E-state index contributed by atoms with van der Waals surface area (Å²) in [7, 11) is 0. The quantitative estimate of drug-likeness (QED) is 0.198. The molecule has 0 saturated carbocycles. The summed E-state index contributed by atoms with van der Waals surface area (Å²) in [5, 5.41) is 19.3. The van der Waals surface area contributed by atoms with Gasteiger partial charge in [-0.15, -0.1) is 0 Å². The molecular formula is C42H25N3. The Kier molecular flexibility index (Phi) is 5.57.